The Morgan fingerprint density at radius 1 is 1.16 bits per heavy atom. The van der Waals surface area contributed by atoms with Crippen LogP contribution in [-0.2, 0) is 17.5 Å². The highest BCUT2D eigenvalue weighted by Crippen LogP contribution is 2.29. The van der Waals surface area contributed by atoms with Gasteiger partial charge in [0.2, 0.25) is 0 Å². The molecule has 0 saturated heterocycles. The molecule has 1 aliphatic rings. The minimum atomic E-state index is -4.39. The Hall–Kier alpha value is -3.03. The molecular formula is C17H13F3N2O3. The van der Waals surface area contributed by atoms with Gasteiger partial charge in [-0.3, -0.25) is 9.59 Å². The van der Waals surface area contributed by atoms with E-state index < -0.39 is 17.6 Å². The SMILES string of the molecule is O=C1COc2cc(C(=O)NCc3ccc(C(F)(F)F)cc3)ccc2N1. The number of hydrogen-bond acceptors (Lipinski definition) is 3. The first-order valence-electron chi connectivity index (χ1n) is 7.34. The van der Waals surface area contributed by atoms with Crippen molar-refractivity contribution < 1.29 is 27.5 Å². The van der Waals surface area contributed by atoms with E-state index in [9.17, 15) is 22.8 Å². The highest BCUT2D eigenvalue weighted by molar-refractivity contribution is 5.98. The quantitative estimate of drug-likeness (QED) is 0.894. The summed E-state index contributed by atoms with van der Waals surface area (Å²) in [7, 11) is 0. The third kappa shape index (κ3) is 3.90. The van der Waals surface area contributed by atoms with Crippen LogP contribution in [0.4, 0.5) is 18.9 Å². The summed E-state index contributed by atoms with van der Waals surface area (Å²) < 4.78 is 42.8. The molecule has 1 heterocycles. The normalized spacial score (nSPS) is 13.5. The molecule has 130 valence electrons. The average Bonchev–Trinajstić information content (AvgIpc) is 2.58. The van der Waals surface area contributed by atoms with Crippen molar-refractivity contribution in [3.8, 4) is 5.75 Å². The van der Waals surface area contributed by atoms with Crippen molar-refractivity contribution in [1.82, 2.24) is 5.32 Å². The minimum absolute atomic E-state index is 0.0889. The number of benzene rings is 2. The second-order valence-corrected chi connectivity index (χ2v) is 5.43. The highest BCUT2D eigenvalue weighted by Gasteiger charge is 2.29. The molecule has 0 radical (unpaired) electrons. The topological polar surface area (TPSA) is 67.4 Å². The fraction of sp³-hybridized carbons (Fsp3) is 0.176. The van der Waals surface area contributed by atoms with Crippen molar-refractivity contribution in [1.29, 1.82) is 0 Å². The second kappa shape index (κ2) is 6.46. The number of fused-ring (bicyclic) bond motifs is 1. The smallest absolute Gasteiger partial charge is 0.416 e. The van der Waals surface area contributed by atoms with Gasteiger partial charge in [0.25, 0.3) is 11.8 Å². The second-order valence-electron chi connectivity index (χ2n) is 5.43. The van der Waals surface area contributed by atoms with E-state index in [-0.39, 0.29) is 19.1 Å². The molecule has 8 heteroatoms. The van der Waals surface area contributed by atoms with E-state index >= 15 is 0 Å². The maximum Gasteiger partial charge on any atom is 0.416 e. The van der Waals surface area contributed by atoms with Crippen LogP contribution >= 0.6 is 0 Å². The van der Waals surface area contributed by atoms with Gasteiger partial charge in [-0.15, -0.1) is 0 Å². The van der Waals surface area contributed by atoms with Crippen molar-refractivity contribution in [2.24, 2.45) is 0 Å². The molecule has 5 nitrogen and oxygen atoms in total. The maximum atomic E-state index is 12.5. The number of ether oxygens (including phenoxy) is 1. The average molecular weight is 350 g/mol. The summed E-state index contributed by atoms with van der Waals surface area (Å²) >= 11 is 0. The van der Waals surface area contributed by atoms with Gasteiger partial charge in [-0.2, -0.15) is 13.2 Å². The molecule has 0 aliphatic carbocycles. The standard InChI is InChI=1S/C17H13F3N2O3/c18-17(19,20)12-4-1-10(2-5-12)8-21-16(24)11-3-6-13-14(7-11)25-9-15(23)22-13/h1-7H,8-9H2,(H,21,24)(H,22,23). The summed E-state index contributed by atoms with van der Waals surface area (Å²) in [5, 5.41) is 5.24. The van der Waals surface area contributed by atoms with Gasteiger partial charge in [0.05, 0.1) is 11.3 Å². The number of alkyl halides is 3. The Bertz CT molecular complexity index is 817. The Morgan fingerprint density at radius 3 is 2.56 bits per heavy atom. The van der Waals surface area contributed by atoms with Crippen molar-refractivity contribution >= 4 is 17.5 Å². The summed E-state index contributed by atoms with van der Waals surface area (Å²) in [6, 6.07) is 9.14. The van der Waals surface area contributed by atoms with Gasteiger partial charge in [0, 0.05) is 12.1 Å². The predicted molar refractivity (Wildman–Crippen MR) is 83.2 cm³/mol. The lowest BCUT2D eigenvalue weighted by molar-refractivity contribution is -0.137. The number of rotatable bonds is 3. The first-order chi connectivity index (χ1) is 11.8. The molecule has 2 N–H and O–H groups in total. The first-order valence-corrected chi connectivity index (χ1v) is 7.34. The van der Waals surface area contributed by atoms with Crippen LogP contribution in [0.25, 0.3) is 0 Å². The zero-order valence-corrected chi connectivity index (χ0v) is 12.8. The fourth-order valence-corrected chi connectivity index (χ4v) is 2.31. The lowest BCUT2D eigenvalue weighted by atomic mass is 10.1. The zero-order valence-electron chi connectivity index (χ0n) is 12.8. The van der Waals surface area contributed by atoms with E-state index in [1.807, 2.05) is 0 Å². The molecule has 0 bridgehead atoms. The van der Waals surface area contributed by atoms with E-state index in [4.69, 9.17) is 4.74 Å². The number of carbonyl (C=O) groups is 2. The van der Waals surface area contributed by atoms with E-state index in [2.05, 4.69) is 10.6 Å². The summed E-state index contributed by atoms with van der Waals surface area (Å²) in [6.07, 6.45) is -4.39. The molecule has 0 saturated carbocycles. The minimum Gasteiger partial charge on any atom is -0.482 e. The number of anilines is 1. The Morgan fingerprint density at radius 2 is 1.88 bits per heavy atom. The van der Waals surface area contributed by atoms with Crippen LogP contribution in [0.3, 0.4) is 0 Å². The Balaban J connectivity index is 1.64. The maximum absolute atomic E-state index is 12.5. The third-order valence-electron chi connectivity index (χ3n) is 3.61. The number of halogens is 3. The molecule has 0 fully saturated rings. The zero-order chi connectivity index (χ0) is 18.0. The van der Waals surface area contributed by atoms with Gasteiger partial charge in [-0.1, -0.05) is 12.1 Å². The molecule has 0 aromatic heterocycles. The van der Waals surface area contributed by atoms with Crippen LogP contribution in [0.1, 0.15) is 21.5 Å². The number of hydrogen-bond donors (Lipinski definition) is 2. The van der Waals surface area contributed by atoms with E-state index in [1.165, 1.54) is 24.3 Å². The largest absolute Gasteiger partial charge is 0.482 e. The lowest BCUT2D eigenvalue weighted by Gasteiger charge is -2.18. The molecule has 2 aromatic carbocycles. The van der Waals surface area contributed by atoms with Gasteiger partial charge in [-0.05, 0) is 35.9 Å². The van der Waals surface area contributed by atoms with Crippen molar-refractivity contribution in [2.45, 2.75) is 12.7 Å². The number of carbonyl (C=O) groups excluding carboxylic acids is 2. The molecule has 3 rings (SSSR count). The van der Waals surface area contributed by atoms with Gasteiger partial charge in [0.15, 0.2) is 6.61 Å². The predicted octanol–water partition coefficient (Wildman–Crippen LogP) is 2.97. The molecule has 0 atom stereocenters. The van der Waals surface area contributed by atoms with E-state index in [0.717, 1.165) is 12.1 Å². The lowest BCUT2D eigenvalue weighted by Crippen LogP contribution is -2.26. The van der Waals surface area contributed by atoms with Gasteiger partial charge < -0.3 is 15.4 Å². The van der Waals surface area contributed by atoms with Crippen molar-refractivity contribution in [2.75, 3.05) is 11.9 Å². The van der Waals surface area contributed by atoms with Crippen molar-refractivity contribution in [3.05, 3.63) is 59.2 Å². The molecule has 2 amide bonds. The molecule has 0 unspecified atom stereocenters. The van der Waals surface area contributed by atoms with Gasteiger partial charge >= 0.3 is 6.18 Å². The van der Waals surface area contributed by atoms with Crippen LogP contribution in [0.2, 0.25) is 0 Å². The molecule has 0 spiro atoms. The molecular weight excluding hydrogens is 337 g/mol. The monoisotopic (exact) mass is 350 g/mol. The highest BCUT2D eigenvalue weighted by atomic mass is 19.4. The van der Waals surface area contributed by atoms with Crippen LogP contribution < -0.4 is 15.4 Å². The van der Waals surface area contributed by atoms with Gasteiger partial charge in [0.1, 0.15) is 5.75 Å². The summed E-state index contributed by atoms with van der Waals surface area (Å²) in [6.45, 7) is -0.0325. The Labute approximate surface area is 140 Å². The van der Waals surface area contributed by atoms with Crippen molar-refractivity contribution in [3.63, 3.8) is 0 Å². The molecule has 2 aromatic rings. The Kier molecular flexibility index (Phi) is 4.35. The number of nitrogens with one attached hydrogen (secondary N) is 2. The van der Waals surface area contributed by atoms with Gasteiger partial charge in [-0.25, -0.2) is 0 Å². The molecule has 1 aliphatic heterocycles. The first kappa shape index (κ1) is 16.8. The van der Waals surface area contributed by atoms with Crippen LogP contribution in [0.15, 0.2) is 42.5 Å². The van der Waals surface area contributed by atoms with Crippen LogP contribution in [0.5, 0.6) is 5.75 Å². The third-order valence-corrected chi connectivity index (χ3v) is 3.61. The van der Waals surface area contributed by atoms with Crippen LogP contribution in [-0.4, -0.2) is 18.4 Å². The number of amides is 2. The van der Waals surface area contributed by atoms with E-state index in [1.54, 1.807) is 6.07 Å². The summed E-state index contributed by atoms with van der Waals surface area (Å²) in [4.78, 5) is 23.4. The summed E-state index contributed by atoms with van der Waals surface area (Å²) in [5.74, 6) is -0.281. The fourth-order valence-electron chi connectivity index (χ4n) is 2.31. The van der Waals surface area contributed by atoms with Crippen LogP contribution in [0, 0.1) is 0 Å². The van der Waals surface area contributed by atoms with E-state index in [0.29, 0.717) is 22.6 Å². The summed E-state index contributed by atoms with van der Waals surface area (Å²) in [5.41, 5.74) is 0.608. The molecule has 25 heavy (non-hydrogen) atoms.